The molecule has 6 nitrogen and oxygen atoms in total. The monoisotopic (exact) mass is 427 g/mol. The van der Waals surface area contributed by atoms with E-state index in [0.29, 0.717) is 17.9 Å². The van der Waals surface area contributed by atoms with Crippen molar-refractivity contribution in [1.82, 2.24) is 14.5 Å². The van der Waals surface area contributed by atoms with E-state index in [4.69, 9.17) is 0 Å². The first-order chi connectivity index (χ1) is 14.5. The minimum absolute atomic E-state index is 0.0190. The SMILES string of the molecule is O=C(N[C@@H]1CCN(Cc2ccccc2)C1)[C@@H]1CCCN(S(=O)(=O)c2ccccc2)C1. The summed E-state index contributed by atoms with van der Waals surface area (Å²) in [7, 11) is -3.55. The van der Waals surface area contributed by atoms with Crippen LogP contribution in [0.15, 0.2) is 65.6 Å². The maximum Gasteiger partial charge on any atom is 0.243 e. The number of benzene rings is 2. The van der Waals surface area contributed by atoms with Crippen molar-refractivity contribution < 1.29 is 13.2 Å². The minimum Gasteiger partial charge on any atom is -0.352 e. The van der Waals surface area contributed by atoms with Gasteiger partial charge >= 0.3 is 0 Å². The van der Waals surface area contributed by atoms with Gasteiger partial charge in [0.2, 0.25) is 15.9 Å². The molecule has 2 aromatic rings. The van der Waals surface area contributed by atoms with Crippen LogP contribution in [0.1, 0.15) is 24.8 Å². The zero-order chi connectivity index (χ0) is 21.0. The van der Waals surface area contributed by atoms with Gasteiger partial charge in [-0.2, -0.15) is 4.31 Å². The van der Waals surface area contributed by atoms with Crippen LogP contribution in [0, 0.1) is 5.92 Å². The highest BCUT2D eigenvalue weighted by molar-refractivity contribution is 7.89. The maximum absolute atomic E-state index is 12.9. The number of carbonyl (C=O) groups is 1. The molecule has 2 aromatic carbocycles. The van der Waals surface area contributed by atoms with Crippen LogP contribution in [0.3, 0.4) is 0 Å². The third-order valence-corrected chi connectivity index (χ3v) is 7.88. The van der Waals surface area contributed by atoms with Crippen molar-refractivity contribution in [3.8, 4) is 0 Å². The molecule has 4 rings (SSSR count). The molecule has 30 heavy (non-hydrogen) atoms. The molecule has 0 saturated carbocycles. The Bertz CT molecular complexity index is 950. The van der Waals surface area contributed by atoms with E-state index in [-0.39, 0.29) is 24.4 Å². The van der Waals surface area contributed by atoms with E-state index in [2.05, 4.69) is 22.3 Å². The molecule has 7 heteroatoms. The summed E-state index contributed by atoms with van der Waals surface area (Å²) in [6.07, 6.45) is 2.36. The van der Waals surface area contributed by atoms with E-state index >= 15 is 0 Å². The second-order valence-electron chi connectivity index (χ2n) is 8.23. The van der Waals surface area contributed by atoms with Gasteiger partial charge in [0.15, 0.2) is 0 Å². The zero-order valence-corrected chi connectivity index (χ0v) is 17.9. The smallest absolute Gasteiger partial charge is 0.243 e. The number of hydrogen-bond acceptors (Lipinski definition) is 4. The molecular formula is C23H29N3O3S. The lowest BCUT2D eigenvalue weighted by Gasteiger charge is -2.31. The van der Waals surface area contributed by atoms with Gasteiger partial charge in [-0.05, 0) is 37.0 Å². The minimum atomic E-state index is -3.55. The summed E-state index contributed by atoms with van der Waals surface area (Å²) in [5, 5.41) is 3.17. The van der Waals surface area contributed by atoms with E-state index < -0.39 is 10.0 Å². The summed E-state index contributed by atoms with van der Waals surface area (Å²) < 4.78 is 27.3. The summed E-state index contributed by atoms with van der Waals surface area (Å²) in [6.45, 7) is 3.40. The maximum atomic E-state index is 12.9. The number of amides is 1. The Morgan fingerprint density at radius 3 is 2.37 bits per heavy atom. The fraction of sp³-hybridized carbons (Fsp3) is 0.435. The predicted octanol–water partition coefficient (Wildman–Crippen LogP) is 2.48. The molecule has 2 aliphatic heterocycles. The summed E-state index contributed by atoms with van der Waals surface area (Å²) in [5.74, 6) is -0.310. The topological polar surface area (TPSA) is 69.7 Å². The van der Waals surface area contributed by atoms with Crippen LogP contribution in [0.25, 0.3) is 0 Å². The zero-order valence-electron chi connectivity index (χ0n) is 17.1. The second kappa shape index (κ2) is 9.29. The van der Waals surface area contributed by atoms with E-state index in [1.807, 2.05) is 18.2 Å². The molecule has 0 spiro atoms. The molecule has 2 fully saturated rings. The normalized spacial score (nSPS) is 23.3. The van der Waals surface area contributed by atoms with Gasteiger partial charge in [0, 0.05) is 38.8 Å². The molecule has 2 heterocycles. The molecule has 0 bridgehead atoms. The van der Waals surface area contributed by atoms with Crippen molar-refractivity contribution in [2.75, 3.05) is 26.2 Å². The van der Waals surface area contributed by atoms with Crippen LogP contribution >= 0.6 is 0 Å². The number of carbonyl (C=O) groups excluding carboxylic acids is 1. The first-order valence-corrected chi connectivity index (χ1v) is 12.1. The Morgan fingerprint density at radius 2 is 1.63 bits per heavy atom. The number of piperidine rings is 1. The summed E-state index contributed by atoms with van der Waals surface area (Å²) in [6, 6.07) is 18.9. The van der Waals surface area contributed by atoms with Crippen LogP contribution in [0.5, 0.6) is 0 Å². The number of rotatable bonds is 6. The Labute approximate surface area is 178 Å². The average molecular weight is 428 g/mol. The van der Waals surface area contributed by atoms with Crippen LogP contribution in [0.4, 0.5) is 0 Å². The van der Waals surface area contributed by atoms with Crippen LogP contribution < -0.4 is 5.32 Å². The van der Waals surface area contributed by atoms with Gasteiger partial charge in [0.25, 0.3) is 0 Å². The van der Waals surface area contributed by atoms with Gasteiger partial charge < -0.3 is 5.32 Å². The van der Waals surface area contributed by atoms with Gasteiger partial charge in [-0.3, -0.25) is 9.69 Å². The van der Waals surface area contributed by atoms with Crippen LogP contribution in [0.2, 0.25) is 0 Å². The number of likely N-dealkylation sites (tertiary alicyclic amines) is 1. The van der Waals surface area contributed by atoms with Crippen molar-refractivity contribution >= 4 is 15.9 Å². The van der Waals surface area contributed by atoms with Gasteiger partial charge in [0.1, 0.15) is 0 Å². The third-order valence-electron chi connectivity index (χ3n) is 6.00. The number of nitrogens with one attached hydrogen (secondary N) is 1. The summed E-state index contributed by atoms with van der Waals surface area (Å²) in [5.41, 5.74) is 1.28. The third kappa shape index (κ3) is 4.91. The van der Waals surface area contributed by atoms with Gasteiger partial charge in [0.05, 0.1) is 10.8 Å². The highest BCUT2D eigenvalue weighted by Crippen LogP contribution is 2.24. The van der Waals surface area contributed by atoms with Crippen molar-refractivity contribution in [2.24, 2.45) is 5.92 Å². The molecule has 1 N–H and O–H groups in total. The molecule has 0 unspecified atom stereocenters. The second-order valence-corrected chi connectivity index (χ2v) is 10.2. The number of sulfonamides is 1. The molecule has 1 amide bonds. The van der Waals surface area contributed by atoms with E-state index in [1.165, 1.54) is 9.87 Å². The van der Waals surface area contributed by atoms with Gasteiger partial charge in [-0.15, -0.1) is 0 Å². The van der Waals surface area contributed by atoms with Crippen molar-refractivity contribution in [3.05, 3.63) is 66.2 Å². The Kier molecular flexibility index (Phi) is 6.51. The fourth-order valence-electron chi connectivity index (χ4n) is 4.37. The molecule has 2 aliphatic rings. The largest absolute Gasteiger partial charge is 0.352 e. The molecule has 160 valence electrons. The van der Waals surface area contributed by atoms with Gasteiger partial charge in [-0.25, -0.2) is 8.42 Å². The van der Waals surface area contributed by atoms with Crippen molar-refractivity contribution in [1.29, 1.82) is 0 Å². The Morgan fingerprint density at radius 1 is 0.933 bits per heavy atom. The Hall–Kier alpha value is -2.22. The summed E-state index contributed by atoms with van der Waals surface area (Å²) in [4.78, 5) is 15.5. The van der Waals surface area contributed by atoms with Crippen molar-refractivity contribution in [2.45, 2.75) is 36.7 Å². The standard InChI is InChI=1S/C23H29N3O3S/c27-23(24-21-13-15-25(18-21)16-19-8-3-1-4-9-19)20-10-7-14-26(17-20)30(28,29)22-11-5-2-6-12-22/h1-6,8-9,11-12,20-21H,7,10,13-18H2,(H,24,27)/t20-,21-/m1/s1. The average Bonchev–Trinajstić information content (AvgIpc) is 3.21. The first kappa shape index (κ1) is 21.0. The van der Waals surface area contributed by atoms with Gasteiger partial charge in [-0.1, -0.05) is 48.5 Å². The molecule has 2 atom stereocenters. The van der Waals surface area contributed by atoms with Crippen molar-refractivity contribution in [3.63, 3.8) is 0 Å². The van der Waals surface area contributed by atoms with Crippen LogP contribution in [-0.2, 0) is 21.4 Å². The van der Waals surface area contributed by atoms with E-state index in [0.717, 1.165) is 32.5 Å². The lowest BCUT2D eigenvalue weighted by Crippen LogP contribution is -2.48. The lowest BCUT2D eigenvalue weighted by atomic mass is 9.98. The van der Waals surface area contributed by atoms with E-state index in [1.54, 1.807) is 30.3 Å². The fourth-order valence-corrected chi connectivity index (χ4v) is 5.92. The summed E-state index contributed by atoms with van der Waals surface area (Å²) >= 11 is 0. The number of nitrogens with zero attached hydrogens (tertiary/aromatic N) is 2. The molecule has 2 saturated heterocycles. The number of hydrogen-bond donors (Lipinski definition) is 1. The first-order valence-electron chi connectivity index (χ1n) is 10.6. The molecular weight excluding hydrogens is 398 g/mol. The lowest BCUT2D eigenvalue weighted by molar-refractivity contribution is -0.126. The quantitative estimate of drug-likeness (QED) is 0.769. The highest BCUT2D eigenvalue weighted by atomic mass is 32.2. The Balaban J connectivity index is 1.32. The molecule has 0 aliphatic carbocycles. The predicted molar refractivity (Wildman–Crippen MR) is 116 cm³/mol. The molecule has 0 radical (unpaired) electrons. The highest BCUT2D eigenvalue weighted by Gasteiger charge is 2.34. The van der Waals surface area contributed by atoms with E-state index in [9.17, 15) is 13.2 Å². The molecule has 0 aromatic heterocycles. The van der Waals surface area contributed by atoms with Crippen LogP contribution in [-0.4, -0.2) is 55.8 Å².